The molecule has 0 aliphatic heterocycles. The van der Waals surface area contributed by atoms with Crippen molar-refractivity contribution >= 4 is 6.08 Å². The molecule has 1 unspecified atom stereocenters. The first-order valence-electron chi connectivity index (χ1n) is 4.32. The molecule has 2 N–H and O–H groups in total. The molecule has 0 fully saturated rings. The van der Waals surface area contributed by atoms with Gasteiger partial charge in [-0.1, -0.05) is 17.7 Å². The summed E-state index contributed by atoms with van der Waals surface area (Å²) in [6.07, 6.45) is 1.85. The van der Waals surface area contributed by atoms with E-state index in [4.69, 9.17) is 10.3 Å². The third-order valence-corrected chi connectivity index (χ3v) is 1.66. The predicted octanol–water partition coefficient (Wildman–Crippen LogP) is 1.55. The number of nitrogens with zero attached hydrogens (tertiary/aromatic N) is 2. The third-order valence-electron chi connectivity index (χ3n) is 1.66. The van der Waals surface area contributed by atoms with Crippen LogP contribution in [0.4, 0.5) is 0 Å². The van der Waals surface area contributed by atoms with Crippen molar-refractivity contribution in [1.29, 1.82) is 0 Å². The van der Waals surface area contributed by atoms with Crippen LogP contribution < -0.4 is 5.73 Å². The molecule has 4 nitrogen and oxygen atoms in total. The van der Waals surface area contributed by atoms with Gasteiger partial charge in [0.05, 0.1) is 0 Å². The van der Waals surface area contributed by atoms with Gasteiger partial charge in [-0.3, -0.25) is 0 Å². The topological polar surface area (TPSA) is 64.9 Å². The molecule has 0 radical (unpaired) electrons. The minimum absolute atomic E-state index is 0.156. The molecular formula is C9H15N3O. The van der Waals surface area contributed by atoms with Crippen LogP contribution in [0.1, 0.15) is 38.4 Å². The highest BCUT2D eigenvalue weighted by molar-refractivity contribution is 5.41. The molecule has 0 aliphatic rings. The lowest BCUT2D eigenvalue weighted by molar-refractivity contribution is 0.399. The summed E-state index contributed by atoms with van der Waals surface area (Å²) in [4.78, 5) is 4.19. The first kappa shape index (κ1) is 9.92. The highest BCUT2D eigenvalue weighted by atomic mass is 16.5. The Labute approximate surface area is 77.8 Å². The van der Waals surface area contributed by atoms with E-state index in [-0.39, 0.29) is 5.92 Å². The van der Waals surface area contributed by atoms with E-state index < -0.39 is 0 Å². The molecule has 0 bridgehead atoms. The van der Waals surface area contributed by atoms with E-state index in [1.54, 1.807) is 0 Å². The van der Waals surface area contributed by atoms with Gasteiger partial charge in [-0.2, -0.15) is 4.98 Å². The van der Waals surface area contributed by atoms with Gasteiger partial charge in [0.2, 0.25) is 0 Å². The first-order chi connectivity index (χ1) is 6.13. The maximum absolute atomic E-state index is 5.48. The van der Waals surface area contributed by atoms with E-state index in [9.17, 15) is 0 Å². The van der Waals surface area contributed by atoms with Crippen molar-refractivity contribution in [2.24, 2.45) is 5.73 Å². The monoisotopic (exact) mass is 181 g/mol. The van der Waals surface area contributed by atoms with Crippen molar-refractivity contribution in [3.63, 3.8) is 0 Å². The highest BCUT2D eigenvalue weighted by Gasteiger charge is 2.10. The lowest BCUT2D eigenvalue weighted by Crippen LogP contribution is -2.10. The summed E-state index contributed by atoms with van der Waals surface area (Å²) in [6.45, 7) is 6.47. The van der Waals surface area contributed by atoms with Gasteiger partial charge in [-0.25, -0.2) is 0 Å². The van der Waals surface area contributed by atoms with Crippen LogP contribution in [0.3, 0.4) is 0 Å². The number of rotatable bonds is 3. The largest absolute Gasteiger partial charge is 0.335 e. The molecule has 0 spiro atoms. The zero-order valence-corrected chi connectivity index (χ0v) is 8.24. The summed E-state index contributed by atoms with van der Waals surface area (Å²) in [5, 5.41) is 3.83. The van der Waals surface area contributed by atoms with Gasteiger partial charge in [0, 0.05) is 18.5 Å². The molecular weight excluding hydrogens is 166 g/mol. The summed E-state index contributed by atoms with van der Waals surface area (Å²) in [5.74, 6) is 1.38. The number of hydrogen-bond acceptors (Lipinski definition) is 4. The fourth-order valence-electron chi connectivity index (χ4n) is 0.858. The maximum atomic E-state index is 5.48. The summed E-state index contributed by atoms with van der Waals surface area (Å²) >= 11 is 0. The van der Waals surface area contributed by atoms with Gasteiger partial charge < -0.3 is 10.3 Å². The molecule has 1 aromatic heterocycles. The van der Waals surface area contributed by atoms with Crippen LogP contribution in [-0.4, -0.2) is 16.7 Å². The summed E-state index contributed by atoms with van der Waals surface area (Å²) in [7, 11) is 0. The Hall–Kier alpha value is -1.16. The van der Waals surface area contributed by atoms with Crippen LogP contribution in [0, 0.1) is 0 Å². The Morgan fingerprint density at radius 2 is 2.31 bits per heavy atom. The van der Waals surface area contributed by atoms with Crippen LogP contribution >= 0.6 is 0 Å². The lowest BCUT2D eigenvalue weighted by atomic mass is 10.2. The van der Waals surface area contributed by atoms with E-state index in [2.05, 4.69) is 10.1 Å². The van der Waals surface area contributed by atoms with Crippen molar-refractivity contribution < 1.29 is 4.52 Å². The molecule has 0 saturated carbocycles. The SMILES string of the molecule is CC(C)=Cc1nc(C(C)CN)no1. The van der Waals surface area contributed by atoms with Crippen molar-refractivity contribution in [3.05, 3.63) is 17.3 Å². The van der Waals surface area contributed by atoms with Crippen molar-refractivity contribution in [2.75, 3.05) is 6.54 Å². The molecule has 4 heteroatoms. The minimum atomic E-state index is 0.156. The number of allylic oxidation sites excluding steroid dienone is 1. The smallest absolute Gasteiger partial charge is 0.250 e. The Balaban J connectivity index is 2.80. The summed E-state index contributed by atoms with van der Waals surface area (Å²) in [6, 6.07) is 0. The molecule has 0 saturated heterocycles. The second-order valence-corrected chi connectivity index (χ2v) is 3.35. The van der Waals surface area contributed by atoms with Gasteiger partial charge in [0.15, 0.2) is 5.82 Å². The van der Waals surface area contributed by atoms with E-state index in [1.807, 2.05) is 26.8 Å². The molecule has 0 amide bonds. The van der Waals surface area contributed by atoms with Crippen LogP contribution in [0.5, 0.6) is 0 Å². The van der Waals surface area contributed by atoms with Crippen LogP contribution in [0.15, 0.2) is 10.1 Å². The minimum Gasteiger partial charge on any atom is -0.335 e. The zero-order valence-electron chi connectivity index (χ0n) is 8.24. The Morgan fingerprint density at radius 1 is 1.62 bits per heavy atom. The van der Waals surface area contributed by atoms with Gasteiger partial charge in [0.1, 0.15) is 0 Å². The fraction of sp³-hybridized carbons (Fsp3) is 0.556. The molecule has 72 valence electrons. The third kappa shape index (κ3) is 2.66. The first-order valence-corrected chi connectivity index (χ1v) is 4.32. The van der Waals surface area contributed by atoms with Crippen molar-refractivity contribution in [3.8, 4) is 0 Å². The van der Waals surface area contributed by atoms with Crippen LogP contribution in [0.2, 0.25) is 0 Å². The van der Waals surface area contributed by atoms with Crippen molar-refractivity contribution in [1.82, 2.24) is 10.1 Å². The molecule has 1 aromatic rings. The second-order valence-electron chi connectivity index (χ2n) is 3.35. The molecule has 0 aromatic carbocycles. The maximum Gasteiger partial charge on any atom is 0.250 e. The van der Waals surface area contributed by atoms with E-state index in [1.165, 1.54) is 0 Å². The predicted molar refractivity (Wildman–Crippen MR) is 51.1 cm³/mol. The average Bonchev–Trinajstić information content (AvgIpc) is 2.50. The molecule has 13 heavy (non-hydrogen) atoms. The van der Waals surface area contributed by atoms with Crippen molar-refractivity contribution in [2.45, 2.75) is 26.7 Å². The number of aromatic nitrogens is 2. The number of hydrogen-bond donors (Lipinski definition) is 1. The van der Waals surface area contributed by atoms with E-state index in [0.29, 0.717) is 18.3 Å². The summed E-state index contributed by atoms with van der Waals surface area (Å²) < 4.78 is 5.01. The lowest BCUT2D eigenvalue weighted by Gasteiger charge is -1.98. The van der Waals surface area contributed by atoms with Gasteiger partial charge in [-0.05, 0) is 13.8 Å². The summed E-state index contributed by atoms with van der Waals surface area (Å²) in [5.41, 5.74) is 6.61. The van der Waals surface area contributed by atoms with Gasteiger partial charge in [0.25, 0.3) is 5.89 Å². The highest BCUT2D eigenvalue weighted by Crippen LogP contribution is 2.11. The van der Waals surface area contributed by atoms with E-state index >= 15 is 0 Å². The zero-order chi connectivity index (χ0) is 9.84. The second kappa shape index (κ2) is 4.18. The Kier molecular flexibility index (Phi) is 3.19. The fourth-order valence-corrected chi connectivity index (χ4v) is 0.858. The van der Waals surface area contributed by atoms with Gasteiger partial charge in [-0.15, -0.1) is 0 Å². The average molecular weight is 181 g/mol. The molecule has 1 heterocycles. The standard InChI is InChI=1S/C9H15N3O/c1-6(2)4-8-11-9(12-13-8)7(3)5-10/h4,7H,5,10H2,1-3H3. The Bertz CT molecular complexity index is 300. The number of nitrogens with two attached hydrogens (primary N) is 1. The molecule has 1 atom stereocenters. The normalized spacial score (nSPS) is 12.6. The van der Waals surface area contributed by atoms with E-state index in [0.717, 1.165) is 5.57 Å². The molecule has 0 aliphatic carbocycles. The van der Waals surface area contributed by atoms with Crippen LogP contribution in [-0.2, 0) is 0 Å². The Morgan fingerprint density at radius 3 is 2.85 bits per heavy atom. The van der Waals surface area contributed by atoms with Crippen LogP contribution in [0.25, 0.3) is 6.08 Å². The molecule has 1 rings (SSSR count). The quantitative estimate of drug-likeness (QED) is 0.768. The van der Waals surface area contributed by atoms with Gasteiger partial charge >= 0.3 is 0 Å².